The van der Waals surface area contributed by atoms with E-state index in [-0.39, 0.29) is 10.6 Å². The molecule has 5 heteroatoms. The van der Waals surface area contributed by atoms with Crippen LogP contribution in [-0.2, 0) is 15.8 Å². The van der Waals surface area contributed by atoms with Crippen LogP contribution < -0.4 is 10.6 Å². The number of halogens is 2. The molecule has 3 aromatic rings. The molecule has 0 unspecified atom stereocenters. The molecule has 2 nitrogen and oxygen atoms in total. The molecule has 0 aliphatic heterocycles. The zero-order valence-corrected chi connectivity index (χ0v) is 14.8. The fourth-order valence-electron chi connectivity index (χ4n) is 2.81. The quantitative estimate of drug-likeness (QED) is 0.603. The number of carbonyl (C=O) groups excluding carboxylic acids is 1. The van der Waals surface area contributed by atoms with E-state index in [4.69, 9.17) is 0 Å². The second kappa shape index (κ2) is 7.35. The van der Waals surface area contributed by atoms with E-state index in [1.165, 1.54) is 24.3 Å². The fourth-order valence-corrected chi connectivity index (χ4v) is 5.37. The molecule has 0 aliphatic carbocycles. The highest BCUT2D eigenvalue weighted by atomic mass is 31.2. The Hall–Kier alpha value is -2.58. The summed E-state index contributed by atoms with van der Waals surface area (Å²) < 4.78 is 44.3. The van der Waals surface area contributed by atoms with Gasteiger partial charge in [-0.2, -0.15) is 8.78 Å². The highest BCUT2D eigenvalue weighted by Gasteiger charge is 2.57. The molecule has 0 saturated carbocycles. The molecule has 26 heavy (non-hydrogen) atoms. The molecule has 3 aromatic carbocycles. The van der Waals surface area contributed by atoms with Crippen molar-refractivity contribution in [3.63, 3.8) is 0 Å². The van der Waals surface area contributed by atoms with Crippen LogP contribution in [-0.4, -0.2) is 11.4 Å². The Kier molecular flexibility index (Phi) is 5.15. The maximum Gasteiger partial charge on any atom is 0.362 e. The summed E-state index contributed by atoms with van der Waals surface area (Å²) in [5, 5.41) is -0.0600. The molecule has 0 amide bonds. The zero-order valence-electron chi connectivity index (χ0n) is 13.9. The van der Waals surface area contributed by atoms with Crippen LogP contribution in [0, 0.1) is 0 Å². The van der Waals surface area contributed by atoms with Gasteiger partial charge >= 0.3 is 5.66 Å². The lowest BCUT2D eigenvalue weighted by Crippen LogP contribution is -2.38. The van der Waals surface area contributed by atoms with Gasteiger partial charge in [-0.1, -0.05) is 91.0 Å². The standard InChI is InChI=1S/C21H17F2O2P/c22-21(23,20(24)16-17-10-4-1-5-11-17)26(25,18-12-6-2-7-13-18)19-14-8-3-9-15-19/h1-15H,16H2. The maximum atomic E-state index is 15.3. The van der Waals surface area contributed by atoms with E-state index in [2.05, 4.69) is 0 Å². The van der Waals surface area contributed by atoms with Crippen molar-refractivity contribution in [2.45, 2.75) is 12.1 Å². The van der Waals surface area contributed by atoms with Crippen molar-refractivity contribution < 1.29 is 18.1 Å². The summed E-state index contributed by atoms with van der Waals surface area (Å²) in [6.45, 7) is 0. The van der Waals surface area contributed by atoms with Gasteiger partial charge < -0.3 is 4.57 Å². The van der Waals surface area contributed by atoms with Crippen molar-refractivity contribution in [3.8, 4) is 0 Å². The number of hydrogen-bond donors (Lipinski definition) is 0. The van der Waals surface area contributed by atoms with E-state index in [1.54, 1.807) is 66.7 Å². The first kappa shape index (κ1) is 18.2. The second-order valence-electron chi connectivity index (χ2n) is 5.91. The van der Waals surface area contributed by atoms with Gasteiger partial charge in [0.15, 0.2) is 0 Å². The third-order valence-electron chi connectivity index (χ3n) is 4.18. The van der Waals surface area contributed by atoms with Crippen molar-refractivity contribution in [2.75, 3.05) is 0 Å². The lowest BCUT2D eigenvalue weighted by molar-refractivity contribution is -0.132. The number of benzene rings is 3. The summed E-state index contributed by atoms with van der Waals surface area (Å²) in [5.41, 5.74) is -3.55. The van der Waals surface area contributed by atoms with Crippen LogP contribution in [0.15, 0.2) is 91.0 Å². The SMILES string of the molecule is O=C(Cc1ccccc1)C(F)(F)P(=O)(c1ccccc1)c1ccccc1. The van der Waals surface area contributed by atoms with Crippen LogP contribution in [0.1, 0.15) is 5.56 Å². The molecular weight excluding hydrogens is 353 g/mol. The van der Waals surface area contributed by atoms with Gasteiger partial charge in [-0.3, -0.25) is 4.79 Å². The molecule has 3 rings (SSSR count). The normalized spacial score (nSPS) is 11.9. The smallest absolute Gasteiger partial charge is 0.307 e. The Labute approximate surface area is 150 Å². The van der Waals surface area contributed by atoms with Gasteiger partial charge in [0.1, 0.15) is 0 Å². The minimum absolute atomic E-state index is 0.0300. The Balaban J connectivity index is 2.09. The first-order chi connectivity index (χ1) is 12.5. The van der Waals surface area contributed by atoms with Crippen LogP contribution in [0.5, 0.6) is 0 Å². The van der Waals surface area contributed by atoms with Crippen molar-refractivity contribution in [2.24, 2.45) is 0 Å². The molecule has 0 heterocycles. The Morgan fingerprint density at radius 3 is 1.54 bits per heavy atom. The van der Waals surface area contributed by atoms with Gasteiger partial charge in [0.25, 0.3) is 0 Å². The minimum Gasteiger partial charge on any atom is -0.307 e. The average Bonchev–Trinajstić information content (AvgIpc) is 2.69. The Morgan fingerprint density at radius 1 is 0.731 bits per heavy atom. The summed E-state index contributed by atoms with van der Waals surface area (Å²) in [6.07, 6.45) is -0.475. The topological polar surface area (TPSA) is 34.1 Å². The summed E-state index contributed by atoms with van der Waals surface area (Å²) in [6, 6.07) is 23.3. The van der Waals surface area contributed by atoms with Gasteiger partial charge in [-0.25, -0.2) is 0 Å². The molecule has 0 bridgehead atoms. The number of hydrogen-bond acceptors (Lipinski definition) is 2. The Bertz CT molecular complexity index is 882. The number of ketones is 1. The third-order valence-corrected chi connectivity index (χ3v) is 7.27. The lowest BCUT2D eigenvalue weighted by atomic mass is 10.1. The molecule has 0 saturated heterocycles. The monoisotopic (exact) mass is 370 g/mol. The van der Waals surface area contributed by atoms with Crippen LogP contribution in [0.4, 0.5) is 8.78 Å². The minimum atomic E-state index is -4.50. The van der Waals surface area contributed by atoms with Crippen molar-refractivity contribution in [3.05, 3.63) is 96.6 Å². The zero-order chi connectivity index (χ0) is 18.6. The van der Waals surface area contributed by atoms with Crippen molar-refractivity contribution in [1.82, 2.24) is 0 Å². The molecule has 0 radical (unpaired) electrons. The van der Waals surface area contributed by atoms with Gasteiger partial charge in [0.2, 0.25) is 12.9 Å². The van der Waals surface area contributed by atoms with Crippen molar-refractivity contribution >= 4 is 23.5 Å². The summed E-state index contributed by atoms with van der Waals surface area (Å²) in [7, 11) is -4.50. The number of carbonyl (C=O) groups is 1. The van der Waals surface area contributed by atoms with Gasteiger partial charge in [0.05, 0.1) is 0 Å². The molecule has 0 fully saturated rings. The predicted molar refractivity (Wildman–Crippen MR) is 99.9 cm³/mol. The van der Waals surface area contributed by atoms with Crippen LogP contribution in [0.3, 0.4) is 0 Å². The fraction of sp³-hybridized carbons (Fsp3) is 0.0952. The first-order valence-corrected chi connectivity index (χ1v) is 9.83. The van der Waals surface area contributed by atoms with Crippen LogP contribution >= 0.6 is 7.14 Å². The van der Waals surface area contributed by atoms with Gasteiger partial charge in [-0.05, 0) is 5.56 Å². The van der Waals surface area contributed by atoms with Crippen LogP contribution in [0.2, 0.25) is 0 Å². The number of rotatable bonds is 6. The summed E-state index contributed by atoms with van der Waals surface area (Å²) >= 11 is 0. The number of Topliss-reactive ketones (excluding diaryl/α,β-unsaturated/α-hetero) is 1. The largest absolute Gasteiger partial charge is 0.362 e. The van der Waals surface area contributed by atoms with E-state index in [1.807, 2.05) is 0 Å². The third kappa shape index (κ3) is 3.25. The van der Waals surface area contributed by atoms with E-state index < -0.39 is 25.0 Å². The summed E-state index contributed by atoms with van der Waals surface area (Å²) in [4.78, 5) is 12.5. The lowest BCUT2D eigenvalue weighted by Gasteiger charge is -2.27. The molecular formula is C21H17F2O2P. The summed E-state index contributed by atoms with van der Waals surface area (Å²) in [5.74, 6) is -1.35. The second-order valence-corrected chi connectivity index (χ2v) is 8.72. The molecule has 132 valence electrons. The van der Waals surface area contributed by atoms with E-state index in [0.29, 0.717) is 5.56 Å². The first-order valence-electron chi connectivity index (χ1n) is 8.12. The van der Waals surface area contributed by atoms with Gasteiger partial charge in [0, 0.05) is 17.0 Å². The maximum absolute atomic E-state index is 15.3. The van der Waals surface area contributed by atoms with E-state index in [0.717, 1.165) is 0 Å². The molecule has 0 aliphatic rings. The predicted octanol–water partition coefficient (Wildman–Crippen LogP) is 4.41. The molecule has 0 atom stereocenters. The van der Waals surface area contributed by atoms with E-state index >= 15 is 8.78 Å². The van der Waals surface area contributed by atoms with Crippen molar-refractivity contribution in [1.29, 1.82) is 0 Å². The molecule has 0 spiro atoms. The number of alkyl halides is 2. The highest BCUT2D eigenvalue weighted by Crippen LogP contribution is 2.58. The van der Waals surface area contributed by atoms with Gasteiger partial charge in [-0.15, -0.1) is 0 Å². The average molecular weight is 370 g/mol. The molecule has 0 aromatic heterocycles. The highest BCUT2D eigenvalue weighted by molar-refractivity contribution is 7.80. The van der Waals surface area contributed by atoms with E-state index in [9.17, 15) is 9.36 Å². The van der Waals surface area contributed by atoms with Crippen LogP contribution in [0.25, 0.3) is 0 Å². The molecule has 0 N–H and O–H groups in total. The Morgan fingerprint density at radius 2 is 1.12 bits per heavy atom.